The van der Waals surface area contributed by atoms with Crippen LogP contribution in [0.15, 0.2) is 54.9 Å². The van der Waals surface area contributed by atoms with E-state index in [1.807, 2.05) is 31.2 Å². The van der Waals surface area contributed by atoms with Crippen LogP contribution in [0, 0.1) is 0 Å². The van der Waals surface area contributed by atoms with Crippen molar-refractivity contribution >= 4 is 23.2 Å². The van der Waals surface area contributed by atoms with E-state index >= 15 is 0 Å². The van der Waals surface area contributed by atoms with Crippen molar-refractivity contribution in [3.05, 3.63) is 54.9 Å². The number of hydrogen-bond acceptors (Lipinski definition) is 6. The fourth-order valence-electron chi connectivity index (χ4n) is 3.18. The zero-order chi connectivity index (χ0) is 19.5. The third-order valence-electron chi connectivity index (χ3n) is 4.42. The lowest BCUT2D eigenvalue weighted by molar-refractivity contribution is -0.121. The third kappa shape index (κ3) is 3.54. The first-order valence-corrected chi connectivity index (χ1v) is 8.79. The molecular weight excluding hydrogens is 360 g/mol. The molecule has 2 amide bonds. The van der Waals surface area contributed by atoms with E-state index in [9.17, 15) is 9.59 Å². The van der Waals surface area contributed by atoms with E-state index in [2.05, 4.69) is 20.8 Å². The van der Waals surface area contributed by atoms with Crippen LogP contribution in [0.5, 0.6) is 5.75 Å². The van der Waals surface area contributed by atoms with Gasteiger partial charge in [0.25, 0.3) is 5.91 Å². The SMILES string of the molecule is C[C@@H]1CC(=O)Nc2ccccc2N1C(=O)COc1cccc(-n2cnnn2)c1. The Balaban J connectivity index is 1.52. The maximum atomic E-state index is 12.9. The monoisotopic (exact) mass is 378 g/mol. The molecule has 4 rings (SSSR count). The number of amides is 2. The van der Waals surface area contributed by atoms with Gasteiger partial charge in [-0.05, 0) is 41.6 Å². The summed E-state index contributed by atoms with van der Waals surface area (Å²) in [5.41, 5.74) is 2.00. The summed E-state index contributed by atoms with van der Waals surface area (Å²) < 4.78 is 7.21. The molecule has 2 aromatic carbocycles. The average molecular weight is 378 g/mol. The van der Waals surface area contributed by atoms with E-state index in [1.165, 1.54) is 11.0 Å². The first kappa shape index (κ1) is 17.7. The standard InChI is InChI=1S/C19H18N6O3/c1-13-9-18(26)21-16-7-2-3-8-17(16)25(13)19(27)11-28-15-6-4-5-14(10-15)24-12-20-22-23-24/h2-8,10,12-13H,9,11H2,1H3,(H,21,26)/t13-/m1/s1. The molecule has 3 aromatic rings. The van der Waals surface area contributed by atoms with Gasteiger partial charge in [-0.2, -0.15) is 0 Å². The van der Waals surface area contributed by atoms with Crippen LogP contribution >= 0.6 is 0 Å². The number of carbonyl (C=O) groups excluding carboxylic acids is 2. The Hall–Kier alpha value is -3.75. The van der Waals surface area contributed by atoms with Crippen molar-refractivity contribution in [2.24, 2.45) is 0 Å². The molecule has 9 heteroatoms. The smallest absolute Gasteiger partial charge is 0.265 e. The fourth-order valence-corrected chi connectivity index (χ4v) is 3.18. The van der Waals surface area contributed by atoms with Gasteiger partial charge in [0.15, 0.2) is 6.61 Å². The van der Waals surface area contributed by atoms with Crippen molar-refractivity contribution in [2.45, 2.75) is 19.4 Å². The van der Waals surface area contributed by atoms with Gasteiger partial charge >= 0.3 is 0 Å². The van der Waals surface area contributed by atoms with E-state index in [1.54, 1.807) is 29.2 Å². The van der Waals surface area contributed by atoms with Gasteiger partial charge in [0.1, 0.15) is 12.1 Å². The number of hydrogen-bond donors (Lipinski definition) is 1. The second-order valence-corrected chi connectivity index (χ2v) is 6.42. The Kier molecular flexibility index (Phi) is 4.71. The summed E-state index contributed by atoms with van der Waals surface area (Å²) in [5, 5.41) is 13.9. The van der Waals surface area contributed by atoms with E-state index in [0.29, 0.717) is 17.1 Å². The highest BCUT2D eigenvalue weighted by molar-refractivity contribution is 6.04. The molecule has 0 unspecified atom stereocenters. The van der Waals surface area contributed by atoms with Crippen molar-refractivity contribution in [1.82, 2.24) is 20.2 Å². The zero-order valence-electron chi connectivity index (χ0n) is 15.1. The van der Waals surface area contributed by atoms with Crippen molar-refractivity contribution < 1.29 is 14.3 Å². The molecule has 0 radical (unpaired) electrons. The summed E-state index contributed by atoms with van der Waals surface area (Å²) >= 11 is 0. The molecule has 0 fully saturated rings. The quantitative estimate of drug-likeness (QED) is 0.743. The molecule has 0 spiro atoms. The largest absolute Gasteiger partial charge is 0.484 e. The number of carbonyl (C=O) groups is 2. The Morgan fingerprint density at radius 3 is 2.93 bits per heavy atom. The number of nitrogens with zero attached hydrogens (tertiary/aromatic N) is 5. The molecule has 1 N–H and O–H groups in total. The highest BCUT2D eigenvalue weighted by Gasteiger charge is 2.29. The second-order valence-electron chi connectivity index (χ2n) is 6.42. The van der Waals surface area contributed by atoms with Gasteiger partial charge in [0.2, 0.25) is 5.91 Å². The Morgan fingerprint density at radius 1 is 1.25 bits per heavy atom. The van der Waals surface area contributed by atoms with Gasteiger partial charge in [-0.25, -0.2) is 4.68 Å². The van der Waals surface area contributed by atoms with E-state index in [0.717, 1.165) is 5.69 Å². The average Bonchev–Trinajstić information content (AvgIpc) is 3.19. The minimum atomic E-state index is -0.285. The predicted octanol–water partition coefficient (Wildman–Crippen LogP) is 1.80. The van der Waals surface area contributed by atoms with Gasteiger partial charge in [-0.15, -0.1) is 5.10 Å². The van der Waals surface area contributed by atoms with Crippen LogP contribution in [0.1, 0.15) is 13.3 Å². The molecule has 2 heterocycles. The lowest BCUT2D eigenvalue weighted by Crippen LogP contribution is -2.41. The number of nitrogens with one attached hydrogen (secondary N) is 1. The number of tetrazole rings is 1. The summed E-state index contributed by atoms with van der Waals surface area (Å²) in [4.78, 5) is 26.6. The molecule has 28 heavy (non-hydrogen) atoms. The summed E-state index contributed by atoms with van der Waals surface area (Å²) in [6.07, 6.45) is 1.69. The molecule has 0 saturated carbocycles. The van der Waals surface area contributed by atoms with E-state index < -0.39 is 0 Å². The zero-order valence-corrected chi connectivity index (χ0v) is 15.1. The molecule has 1 aliphatic rings. The van der Waals surface area contributed by atoms with E-state index in [-0.39, 0.29) is 30.9 Å². The summed E-state index contributed by atoms with van der Waals surface area (Å²) in [5.74, 6) is 0.167. The third-order valence-corrected chi connectivity index (χ3v) is 4.42. The molecule has 0 bridgehead atoms. The maximum absolute atomic E-state index is 12.9. The minimum absolute atomic E-state index is 0.120. The van der Waals surface area contributed by atoms with Gasteiger partial charge in [-0.1, -0.05) is 18.2 Å². The van der Waals surface area contributed by atoms with Gasteiger partial charge in [-0.3, -0.25) is 9.59 Å². The molecule has 1 aliphatic heterocycles. The molecule has 1 atom stereocenters. The molecule has 0 saturated heterocycles. The van der Waals surface area contributed by atoms with Crippen LogP contribution in [0.3, 0.4) is 0 Å². The van der Waals surface area contributed by atoms with Crippen LogP contribution in [-0.4, -0.2) is 44.7 Å². The van der Waals surface area contributed by atoms with Crippen molar-refractivity contribution in [3.63, 3.8) is 0 Å². The fraction of sp³-hybridized carbons (Fsp3) is 0.211. The first-order chi connectivity index (χ1) is 13.6. The predicted molar refractivity (Wildman–Crippen MR) is 101 cm³/mol. The van der Waals surface area contributed by atoms with Gasteiger partial charge in [0.05, 0.1) is 17.1 Å². The molecular formula is C19H18N6O3. The lowest BCUT2D eigenvalue weighted by Gasteiger charge is -2.27. The number of fused-ring (bicyclic) bond motifs is 1. The summed E-state index contributed by atoms with van der Waals surface area (Å²) in [7, 11) is 0. The molecule has 9 nitrogen and oxygen atoms in total. The number of rotatable bonds is 4. The maximum Gasteiger partial charge on any atom is 0.265 e. The second kappa shape index (κ2) is 7.47. The number of aromatic nitrogens is 4. The Labute approximate surface area is 160 Å². The summed E-state index contributed by atoms with van der Waals surface area (Å²) in [6.45, 7) is 1.68. The number of ether oxygens (including phenoxy) is 1. The molecule has 0 aliphatic carbocycles. The van der Waals surface area contributed by atoms with Crippen molar-refractivity contribution in [3.8, 4) is 11.4 Å². The topological polar surface area (TPSA) is 102 Å². The van der Waals surface area contributed by atoms with Crippen LogP contribution in [0.4, 0.5) is 11.4 Å². The normalized spacial score (nSPS) is 16.1. The number of anilines is 2. The minimum Gasteiger partial charge on any atom is -0.484 e. The van der Waals surface area contributed by atoms with Crippen LogP contribution in [0.2, 0.25) is 0 Å². The van der Waals surface area contributed by atoms with Gasteiger partial charge < -0.3 is 15.0 Å². The first-order valence-electron chi connectivity index (χ1n) is 8.79. The Bertz CT molecular complexity index is 1000. The molecule has 1 aromatic heterocycles. The van der Waals surface area contributed by atoms with Crippen LogP contribution in [0.25, 0.3) is 5.69 Å². The van der Waals surface area contributed by atoms with Crippen molar-refractivity contribution in [2.75, 3.05) is 16.8 Å². The van der Waals surface area contributed by atoms with Crippen LogP contribution in [-0.2, 0) is 9.59 Å². The Morgan fingerprint density at radius 2 is 2.11 bits per heavy atom. The highest BCUT2D eigenvalue weighted by atomic mass is 16.5. The van der Waals surface area contributed by atoms with Gasteiger partial charge in [0, 0.05) is 18.5 Å². The van der Waals surface area contributed by atoms with E-state index in [4.69, 9.17) is 4.74 Å². The lowest BCUT2D eigenvalue weighted by atomic mass is 10.1. The number of benzene rings is 2. The summed E-state index contributed by atoms with van der Waals surface area (Å²) in [6, 6.07) is 14.1. The van der Waals surface area contributed by atoms with Crippen LogP contribution < -0.4 is 15.0 Å². The number of para-hydroxylation sites is 2. The molecule has 142 valence electrons. The highest BCUT2D eigenvalue weighted by Crippen LogP contribution is 2.31. The van der Waals surface area contributed by atoms with Crippen molar-refractivity contribution in [1.29, 1.82) is 0 Å².